The van der Waals surface area contributed by atoms with E-state index in [1.54, 1.807) is 7.11 Å². The lowest BCUT2D eigenvalue weighted by molar-refractivity contribution is 0.234. The van der Waals surface area contributed by atoms with E-state index in [0.29, 0.717) is 23.8 Å². The van der Waals surface area contributed by atoms with E-state index in [-0.39, 0.29) is 0 Å². The average molecular weight is 418 g/mol. The molecule has 0 spiro atoms. The van der Waals surface area contributed by atoms with Crippen LogP contribution in [0.15, 0.2) is 59.6 Å². The Hall–Kier alpha value is -3.38. The molecule has 0 atom stereocenters. The summed E-state index contributed by atoms with van der Waals surface area (Å²) in [6.45, 7) is 2.30. The fraction of sp³-hybridized carbons (Fsp3) is 0.280. The number of benzene rings is 2. The quantitative estimate of drug-likeness (QED) is 0.335. The van der Waals surface area contributed by atoms with Gasteiger partial charge in [-0.2, -0.15) is 0 Å². The summed E-state index contributed by atoms with van der Waals surface area (Å²) in [7, 11) is 1.64. The second kappa shape index (κ2) is 9.62. The molecule has 160 valence electrons. The molecule has 6 nitrogen and oxygen atoms in total. The van der Waals surface area contributed by atoms with Crippen LogP contribution in [0.4, 0.5) is 0 Å². The van der Waals surface area contributed by atoms with E-state index in [4.69, 9.17) is 9.47 Å². The van der Waals surface area contributed by atoms with Crippen LogP contribution < -0.4 is 15.0 Å². The number of pyridine rings is 1. The minimum Gasteiger partial charge on any atom is -0.497 e. The van der Waals surface area contributed by atoms with Crippen molar-refractivity contribution < 1.29 is 14.7 Å². The molecule has 0 radical (unpaired) electrons. The van der Waals surface area contributed by atoms with Crippen molar-refractivity contribution in [2.75, 3.05) is 7.11 Å². The van der Waals surface area contributed by atoms with Gasteiger partial charge in [-0.15, -0.1) is 0 Å². The molecule has 0 unspecified atom stereocenters. The van der Waals surface area contributed by atoms with Crippen molar-refractivity contribution in [1.82, 2.24) is 10.5 Å². The number of amidine groups is 1. The Bertz CT molecular complexity index is 1080. The minimum absolute atomic E-state index is 0.308. The summed E-state index contributed by atoms with van der Waals surface area (Å²) >= 11 is 0. The Kier molecular flexibility index (Phi) is 6.48. The molecule has 3 aromatic rings. The van der Waals surface area contributed by atoms with Gasteiger partial charge < -0.3 is 9.47 Å². The predicted octanol–water partition coefficient (Wildman–Crippen LogP) is 5.00. The number of aromatic nitrogens is 1. The van der Waals surface area contributed by atoms with E-state index >= 15 is 0 Å². The van der Waals surface area contributed by atoms with Crippen LogP contribution in [0.25, 0.3) is 0 Å². The zero-order valence-corrected chi connectivity index (χ0v) is 17.9. The second-order valence-electron chi connectivity index (χ2n) is 7.63. The van der Waals surface area contributed by atoms with Gasteiger partial charge in [0.1, 0.15) is 11.5 Å². The first-order valence-electron chi connectivity index (χ1n) is 10.5. The maximum Gasteiger partial charge on any atom is 0.230 e. The van der Waals surface area contributed by atoms with Crippen molar-refractivity contribution in [3.8, 4) is 17.4 Å². The molecule has 0 fully saturated rings. The summed E-state index contributed by atoms with van der Waals surface area (Å²) in [5, 5.41) is 9.81. The molecule has 0 bridgehead atoms. The predicted molar refractivity (Wildman–Crippen MR) is 120 cm³/mol. The molecular weight excluding hydrogens is 390 g/mol. The topological polar surface area (TPSA) is 76.0 Å². The summed E-state index contributed by atoms with van der Waals surface area (Å²) in [5.74, 6) is 2.35. The molecule has 0 aliphatic heterocycles. The highest BCUT2D eigenvalue weighted by Crippen LogP contribution is 2.33. The Morgan fingerprint density at radius 1 is 1.06 bits per heavy atom. The third-order valence-corrected chi connectivity index (χ3v) is 5.50. The fourth-order valence-electron chi connectivity index (χ4n) is 3.82. The SMILES string of the molecule is COc1ccc(CN=C(NO)c2ccc(C)nc2Oc2cccc3c2CCCC3)cc1. The first kappa shape index (κ1) is 20.9. The third kappa shape index (κ3) is 4.86. The lowest BCUT2D eigenvalue weighted by Gasteiger charge is -2.20. The summed E-state index contributed by atoms with van der Waals surface area (Å²) in [5.41, 5.74) is 7.24. The number of hydroxylamine groups is 1. The number of aryl methyl sites for hydroxylation is 2. The van der Waals surface area contributed by atoms with E-state index in [2.05, 4.69) is 21.5 Å². The van der Waals surface area contributed by atoms with Crippen LogP contribution in [-0.4, -0.2) is 23.1 Å². The monoisotopic (exact) mass is 417 g/mol. The van der Waals surface area contributed by atoms with Crippen LogP contribution in [0.5, 0.6) is 17.4 Å². The third-order valence-electron chi connectivity index (χ3n) is 5.50. The van der Waals surface area contributed by atoms with Crippen LogP contribution in [0.3, 0.4) is 0 Å². The summed E-state index contributed by atoms with van der Waals surface area (Å²) < 4.78 is 11.5. The Morgan fingerprint density at radius 3 is 2.65 bits per heavy atom. The normalized spacial score (nSPS) is 13.5. The number of hydrogen-bond donors (Lipinski definition) is 2. The van der Waals surface area contributed by atoms with E-state index in [1.807, 2.05) is 55.5 Å². The largest absolute Gasteiger partial charge is 0.497 e. The lowest BCUT2D eigenvalue weighted by atomic mass is 9.91. The minimum atomic E-state index is 0.308. The van der Waals surface area contributed by atoms with E-state index in [1.165, 1.54) is 17.5 Å². The molecule has 31 heavy (non-hydrogen) atoms. The average Bonchev–Trinajstić information content (AvgIpc) is 2.81. The van der Waals surface area contributed by atoms with Gasteiger partial charge in [0.25, 0.3) is 0 Å². The number of aliphatic imine (C=N–C) groups is 1. The first-order chi connectivity index (χ1) is 15.2. The van der Waals surface area contributed by atoms with Crippen molar-refractivity contribution in [3.63, 3.8) is 0 Å². The van der Waals surface area contributed by atoms with Gasteiger partial charge in [-0.1, -0.05) is 24.3 Å². The lowest BCUT2D eigenvalue weighted by Crippen LogP contribution is -2.22. The van der Waals surface area contributed by atoms with Crippen molar-refractivity contribution >= 4 is 5.84 Å². The zero-order chi connectivity index (χ0) is 21.6. The van der Waals surface area contributed by atoms with Crippen molar-refractivity contribution in [2.24, 2.45) is 4.99 Å². The number of nitrogens with one attached hydrogen (secondary N) is 1. The van der Waals surface area contributed by atoms with Crippen LogP contribution in [0, 0.1) is 6.92 Å². The molecule has 0 saturated heterocycles. The van der Waals surface area contributed by atoms with Crippen LogP contribution in [0.1, 0.15) is 40.8 Å². The highest BCUT2D eigenvalue weighted by atomic mass is 16.5. The van der Waals surface area contributed by atoms with Gasteiger partial charge >= 0.3 is 0 Å². The van der Waals surface area contributed by atoms with E-state index in [9.17, 15) is 5.21 Å². The highest BCUT2D eigenvalue weighted by Gasteiger charge is 2.18. The van der Waals surface area contributed by atoms with Gasteiger partial charge in [0.2, 0.25) is 5.88 Å². The van der Waals surface area contributed by atoms with Gasteiger partial charge in [-0.25, -0.2) is 4.98 Å². The maximum absolute atomic E-state index is 9.81. The zero-order valence-electron chi connectivity index (χ0n) is 17.9. The molecule has 1 aliphatic carbocycles. The molecule has 1 aromatic heterocycles. The Balaban J connectivity index is 1.63. The Morgan fingerprint density at radius 2 is 1.87 bits per heavy atom. The first-order valence-corrected chi connectivity index (χ1v) is 10.5. The van der Waals surface area contributed by atoms with Crippen molar-refractivity contribution in [3.05, 3.63) is 82.5 Å². The molecule has 2 aromatic carbocycles. The number of nitrogens with zero attached hydrogens (tertiary/aromatic N) is 2. The second-order valence-corrected chi connectivity index (χ2v) is 7.63. The molecule has 1 aliphatic rings. The summed E-state index contributed by atoms with van der Waals surface area (Å²) in [6, 6.07) is 17.6. The molecular formula is C25H27N3O3. The van der Waals surface area contributed by atoms with Crippen molar-refractivity contribution in [1.29, 1.82) is 0 Å². The van der Waals surface area contributed by atoms with Gasteiger partial charge in [-0.05, 0) is 79.6 Å². The van der Waals surface area contributed by atoms with Gasteiger partial charge in [-0.3, -0.25) is 15.7 Å². The van der Waals surface area contributed by atoms with Crippen LogP contribution in [-0.2, 0) is 19.4 Å². The highest BCUT2D eigenvalue weighted by molar-refractivity contribution is 6.00. The van der Waals surface area contributed by atoms with E-state index in [0.717, 1.165) is 42.0 Å². The molecule has 0 saturated carbocycles. The fourth-order valence-corrected chi connectivity index (χ4v) is 3.82. The maximum atomic E-state index is 9.81. The number of fused-ring (bicyclic) bond motifs is 1. The standard InChI is InChI=1S/C25H27N3O3/c1-17-10-15-22(24(28-29)26-16-18-11-13-20(30-2)14-12-18)25(27-17)31-23-9-5-7-19-6-3-4-8-21(19)23/h5,7,9-15,29H,3-4,6,8,16H2,1-2H3,(H,26,28). The Labute approximate surface area is 182 Å². The van der Waals surface area contributed by atoms with Crippen molar-refractivity contribution in [2.45, 2.75) is 39.2 Å². The van der Waals surface area contributed by atoms with Crippen LogP contribution >= 0.6 is 0 Å². The molecule has 2 N–H and O–H groups in total. The summed E-state index contributed by atoms with van der Waals surface area (Å²) in [6.07, 6.45) is 4.45. The van der Waals surface area contributed by atoms with Gasteiger partial charge in [0.05, 0.1) is 19.2 Å². The molecule has 4 rings (SSSR count). The van der Waals surface area contributed by atoms with Crippen LogP contribution in [0.2, 0.25) is 0 Å². The summed E-state index contributed by atoms with van der Waals surface area (Å²) in [4.78, 5) is 9.15. The number of methoxy groups -OCH3 is 1. The molecule has 0 amide bonds. The number of hydrogen-bond acceptors (Lipinski definition) is 5. The number of ether oxygens (including phenoxy) is 2. The number of rotatable bonds is 6. The smallest absolute Gasteiger partial charge is 0.230 e. The molecule has 1 heterocycles. The molecule has 6 heteroatoms. The van der Waals surface area contributed by atoms with E-state index < -0.39 is 0 Å². The van der Waals surface area contributed by atoms with Gasteiger partial charge in [0.15, 0.2) is 5.84 Å². The van der Waals surface area contributed by atoms with Gasteiger partial charge in [0, 0.05) is 5.69 Å².